The molecule has 0 bridgehead atoms. The molecule has 2 N–H and O–H groups in total. The summed E-state index contributed by atoms with van der Waals surface area (Å²) >= 11 is 0. The Labute approximate surface area is 194 Å². The van der Waals surface area contributed by atoms with Gasteiger partial charge in [0.1, 0.15) is 13.7 Å². The van der Waals surface area contributed by atoms with E-state index in [4.69, 9.17) is 13.6 Å². The van der Waals surface area contributed by atoms with Crippen LogP contribution in [0.5, 0.6) is 0 Å². The molecule has 2 aliphatic heterocycles. The van der Waals surface area contributed by atoms with Gasteiger partial charge in [-0.05, 0) is 46.9 Å². The Morgan fingerprint density at radius 1 is 1.29 bits per heavy atom. The van der Waals surface area contributed by atoms with Gasteiger partial charge in [0.25, 0.3) is 12.3 Å². The number of aromatic nitrogens is 1. The van der Waals surface area contributed by atoms with E-state index in [9.17, 15) is 13.6 Å². The molecule has 0 saturated heterocycles. The van der Waals surface area contributed by atoms with Gasteiger partial charge in [-0.25, -0.2) is 13.2 Å². The molecule has 5 nitrogen and oxygen atoms in total. The number of aliphatic imine (C=N–C) groups is 1. The molecular formula is C23H16B2F4N4O. The maximum atomic E-state index is 16.1. The minimum absolute atomic E-state index is 0.0225. The molecule has 3 aromatic rings. The normalized spacial score (nSPS) is 19.1. The maximum absolute atomic E-state index is 16.1. The summed E-state index contributed by atoms with van der Waals surface area (Å²) in [6.45, 7) is -2.29. The first kappa shape index (κ1) is 22.2. The molecule has 5 rings (SSSR count). The highest BCUT2D eigenvalue weighted by molar-refractivity contribution is 6.77. The van der Waals surface area contributed by atoms with Gasteiger partial charge in [-0.15, -0.1) is 0 Å². The summed E-state index contributed by atoms with van der Waals surface area (Å²) in [7, 11) is 7.91. The molecule has 0 aliphatic carbocycles. The van der Waals surface area contributed by atoms with E-state index in [1.807, 2.05) is 0 Å². The van der Waals surface area contributed by atoms with E-state index in [0.29, 0.717) is 5.56 Å². The quantitative estimate of drug-likeness (QED) is 0.282. The number of anilines is 1. The molecular weight excluding hydrogens is 446 g/mol. The zero-order chi connectivity index (χ0) is 24.4. The molecule has 0 fully saturated rings. The third-order valence-corrected chi connectivity index (χ3v) is 6.37. The number of fused-ring (bicyclic) bond motifs is 4. The van der Waals surface area contributed by atoms with Gasteiger partial charge in [-0.2, -0.15) is 0 Å². The third kappa shape index (κ3) is 2.99. The molecule has 0 saturated carbocycles. The highest BCUT2D eigenvalue weighted by Gasteiger charge is 2.58. The van der Waals surface area contributed by atoms with Gasteiger partial charge in [-0.1, -0.05) is 6.07 Å². The molecule has 1 atom stereocenters. The minimum Gasteiger partial charge on any atom is -0.398 e. The lowest BCUT2D eigenvalue weighted by atomic mass is 9.37. The van der Waals surface area contributed by atoms with Crippen molar-refractivity contribution in [2.24, 2.45) is 4.99 Å². The Morgan fingerprint density at radius 2 is 2.06 bits per heavy atom. The van der Waals surface area contributed by atoms with E-state index in [0.717, 1.165) is 17.0 Å². The van der Waals surface area contributed by atoms with Crippen LogP contribution in [0.2, 0.25) is 0 Å². The lowest BCUT2D eigenvalue weighted by Gasteiger charge is -2.42. The largest absolute Gasteiger partial charge is 0.404 e. The summed E-state index contributed by atoms with van der Waals surface area (Å²) in [5, 5.41) is -1.93. The highest BCUT2D eigenvalue weighted by atomic mass is 19.3. The summed E-state index contributed by atoms with van der Waals surface area (Å²) in [5.74, 6) is -1.34. The van der Waals surface area contributed by atoms with Crippen molar-refractivity contribution in [2.45, 2.75) is 18.3 Å². The van der Waals surface area contributed by atoms with Crippen LogP contribution in [0.3, 0.4) is 0 Å². The van der Waals surface area contributed by atoms with E-state index < -0.39 is 30.5 Å². The number of nitrogens with two attached hydrogens (primary N) is 1. The van der Waals surface area contributed by atoms with Crippen LogP contribution in [0, 0.1) is 5.82 Å². The molecule has 168 valence electrons. The summed E-state index contributed by atoms with van der Waals surface area (Å²) in [6, 6.07) is 7.79. The number of pyridine rings is 1. The van der Waals surface area contributed by atoms with Gasteiger partial charge >= 0.3 is 6.99 Å². The van der Waals surface area contributed by atoms with Crippen molar-refractivity contribution in [3.05, 3.63) is 76.4 Å². The van der Waals surface area contributed by atoms with E-state index in [1.165, 1.54) is 43.7 Å². The summed E-state index contributed by atoms with van der Waals surface area (Å²) < 4.78 is 58.3. The standard InChI is InChI=1S/C23H16B2F4N4O/c1-31-9-15-14(5-12(21(27)28)8-19(15)30)11-6-17-16(18(26)7-11)10-33-22(34)13-3-2-4-32-20(13)23(33,24)25(17)29/h2-9,21H,10,30H2,1H3. The first-order valence-electron chi connectivity index (χ1n) is 10.3. The van der Waals surface area contributed by atoms with Crippen molar-refractivity contribution in [3.63, 3.8) is 0 Å². The van der Waals surface area contributed by atoms with E-state index in [2.05, 4.69) is 9.98 Å². The fraction of sp³-hybridized carbons (Fsp3) is 0.174. The van der Waals surface area contributed by atoms with Gasteiger partial charge in [-0.3, -0.25) is 14.8 Å². The van der Waals surface area contributed by atoms with Gasteiger partial charge in [0.2, 0.25) is 0 Å². The lowest BCUT2D eigenvalue weighted by Crippen LogP contribution is -2.63. The van der Waals surface area contributed by atoms with Crippen molar-refractivity contribution in [1.29, 1.82) is 0 Å². The van der Waals surface area contributed by atoms with Gasteiger partial charge in [0, 0.05) is 48.4 Å². The molecule has 2 aliphatic rings. The lowest BCUT2D eigenvalue weighted by molar-refractivity contribution is 0.0715. The minimum atomic E-state index is -2.82. The van der Waals surface area contributed by atoms with Gasteiger partial charge in [0.15, 0.2) is 0 Å². The second-order valence-electron chi connectivity index (χ2n) is 8.26. The van der Waals surface area contributed by atoms with Gasteiger partial charge in [0.05, 0.1) is 16.6 Å². The average molecular weight is 462 g/mol. The number of nitrogens with zero attached hydrogens (tertiary/aromatic N) is 3. The van der Waals surface area contributed by atoms with Crippen LogP contribution in [0.15, 0.2) is 47.6 Å². The molecule has 1 amide bonds. The number of hydrogen-bond donors (Lipinski definition) is 1. The van der Waals surface area contributed by atoms with E-state index >= 15 is 8.71 Å². The monoisotopic (exact) mass is 462 g/mol. The zero-order valence-electron chi connectivity index (χ0n) is 17.9. The number of rotatable bonds is 3. The number of hydrogen-bond acceptors (Lipinski definition) is 4. The van der Waals surface area contributed by atoms with Crippen molar-refractivity contribution < 1.29 is 22.3 Å². The molecule has 0 spiro atoms. The van der Waals surface area contributed by atoms with Crippen molar-refractivity contribution in [1.82, 2.24) is 9.88 Å². The number of halogens is 4. The molecule has 2 aromatic carbocycles. The van der Waals surface area contributed by atoms with Crippen LogP contribution in [-0.4, -0.2) is 43.9 Å². The fourth-order valence-corrected chi connectivity index (χ4v) is 4.74. The first-order valence-corrected chi connectivity index (χ1v) is 10.3. The average Bonchev–Trinajstić information content (AvgIpc) is 3.04. The van der Waals surface area contributed by atoms with Crippen LogP contribution < -0.4 is 11.2 Å². The molecule has 34 heavy (non-hydrogen) atoms. The number of nitrogen functional groups attached to an aromatic ring is 1. The fourth-order valence-electron chi connectivity index (χ4n) is 4.74. The summed E-state index contributed by atoms with van der Waals surface area (Å²) in [6.07, 6.45) is -0.0528. The van der Waals surface area contributed by atoms with Gasteiger partial charge < -0.3 is 14.9 Å². The highest BCUT2D eigenvalue weighted by Crippen LogP contribution is 2.42. The van der Waals surface area contributed by atoms with Crippen molar-refractivity contribution >= 4 is 38.1 Å². The number of alkyl halides is 2. The van der Waals surface area contributed by atoms with Crippen molar-refractivity contribution in [3.8, 4) is 11.1 Å². The molecule has 11 heteroatoms. The second-order valence-corrected chi connectivity index (χ2v) is 8.26. The first-order chi connectivity index (χ1) is 16.2. The van der Waals surface area contributed by atoms with E-state index in [1.54, 1.807) is 0 Å². The Balaban J connectivity index is 1.72. The summed E-state index contributed by atoms with van der Waals surface area (Å²) in [4.78, 5) is 22.0. The Morgan fingerprint density at radius 3 is 2.76 bits per heavy atom. The topological polar surface area (TPSA) is 71.6 Å². The Kier molecular flexibility index (Phi) is 5.03. The zero-order valence-corrected chi connectivity index (χ0v) is 17.9. The second kappa shape index (κ2) is 7.72. The van der Waals surface area contributed by atoms with Crippen LogP contribution in [0.25, 0.3) is 11.1 Å². The smallest absolute Gasteiger partial charge is 0.398 e. The predicted molar refractivity (Wildman–Crippen MR) is 123 cm³/mol. The van der Waals surface area contributed by atoms with Crippen molar-refractivity contribution in [2.75, 3.05) is 12.8 Å². The summed E-state index contributed by atoms with van der Waals surface area (Å²) in [5.41, 5.74) is 6.33. The molecule has 1 unspecified atom stereocenters. The number of amides is 1. The van der Waals surface area contributed by atoms with Crippen LogP contribution in [0.1, 0.15) is 39.2 Å². The number of benzene rings is 2. The van der Waals surface area contributed by atoms with Crippen LogP contribution in [-0.2, 0) is 11.9 Å². The molecule has 2 radical (unpaired) electrons. The maximum Gasteiger partial charge on any atom is 0.404 e. The number of carbonyl (C=O) groups is 1. The molecule has 1 aromatic heterocycles. The Bertz CT molecular complexity index is 1380. The molecule has 3 heterocycles. The third-order valence-electron chi connectivity index (χ3n) is 6.37. The van der Waals surface area contributed by atoms with Crippen LogP contribution in [0.4, 0.5) is 23.2 Å². The number of carbonyl (C=O) groups excluding carboxylic acids is 1. The Hall–Kier alpha value is -3.62. The SMILES string of the molecule is [B]C12B(F)c3cc(-c4cc(C(F)F)cc(N)c4C=NC)cc(F)c3CN1C(=O)c1cccnc12. The van der Waals surface area contributed by atoms with E-state index in [-0.39, 0.29) is 51.2 Å². The van der Waals surface area contributed by atoms with Crippen LogP contribution >= 0.6 is 0 Å². The predicted octanol–water partition coefficient (Wildman–Crippen LogP) is 3.15.